The zero-order valence-electron chi connectivity index (χ0n) is 9.46. The molecule has 3 nitrogen and oxygen atoms in total. The number of rotatable bonds is 4. The highest BCUT2D eigenvalue weighted by atomic mass is 32.2. The summed E-state index contributed by atoms with van der Waals surface area (Å²) in [6.07, 6.45) is 1.19. The van der Waals surface area contributed by atoms with Gasteiger partial charge in [-0.3, -0.25) is 4.99 Å². The van der Waals surface area contributed by atoms with Crippen molar-refractivity contribution in [2.24, 2.45) is 4.99 Å². The molecule has 0 saturated carbocycles. The van der Waals surface area contributed by atoms with Crippen LogP contribution in [-0.2, 0) is 4.74 Å². The van der Waals surface area contributed by atoms with Gasteiger partial charge in [-0.1, -0.05) is 18.7 Å². The molecule has 1 unspecified atom stereocenters. The number of thioether (sulfide) groups is 1. The normalized spacial score (nSPS) is 22.3. The number of nitrogens with zero attached hydrogens (tertiary/aromatic N) is 1. The Labute approximate surface area is 90.7 Å². The topological polar surface area (TPSA) is 33.6 Å². The Morgan fingerprint density at radius 2 is 2.36 bits per heavy atom. The summed E-state index contributed by atoms with van der Waals surface area (Å²) in [4.78, 5) is 4.44. The Hall–Kier alpha value is -0.220. The maximum absolute atomic E-state index is 5.32. The van der Waals surface area contributed by atoms with Crippen LogP contribution >= 0.6 is 11.8 Å². The molecule has 82 valence electrons. The van der Waals surface area contributed by atoms with Crippen LogP contribution in [0.1, 0.15) is 27.2 Å². The van der Waals surface area contributed by atoms with Gasteiger partial charge in [-0.2, -0.15) is 0 Å². The highest BCUT2D eigenvalue weighted by Crippen LogP contribution is 2.22. The monoisotopic (exact) mass is 216 g/mol. The fourth-order valence-corrected chi connectivity index (χ4v) is 2.02. The second kappa shape index (κ2) is 5.03. The SMILES string of the molecule is CCC1CN=C(NCC(C)(C)OC)S1. The standard InChI is InChI=1S/C10H20N2OS/c1-5-8-6-11-9(14-8)12-7-10(2,3)13-4/h8H,5-7H2,1-4H3,(H,11,12). The minimum Gasteiger partial charge on any atom is -0.377 e. The van der Waals surface area contributed by atoms with E-state index in [9.17, 15) is 0 Å². The molecule has 0 spiro atoms. The Bertz CT molecular complexity index is 216. The molecule has 1 N–H and O–H groups in total. The summed E-state index contributed by atoms with van der Waals surface area (Å²) in [5.41, 5.74) is -0.118. The van der Waals surface area contributed by atoms with E-state index in [-0.39, 0.29) is 5.60 Å². The maximum atomic E-state index is 5.32. The van der Waals surface area contributed by atoms with Crippen molar-refractivity contribution < 1.29 is 4.74 Å². The first-order chi connectivity index (χ1) is 6.57. The van der Waals surface area contributed by atoms with Crippen molar-refractivity contribution in [1.29, 1.82) is 0 Å². The second-order valence-corrected chi connectivity index (χ2v) is 5.40. The number of nitrogens with one attached hydrogen (secondary N) is 1. The number of hydrogen-bond donors (Lipinski definition) is 1. The molecule has 0 fully saturated rings. The van der Waals surface area contributed by atoms with Crippen molar-refractivity contribution in [3.05, 3.63) is 0 Å². The zero-order chi connectivity index (χ0) is 10.6. The van der Waals surface area contributed by atoms with Crippen molar-refractivity contribution in [3.63, 3.8) is 0 Å². The molecular weight excluding hydrogens is 196 g/mol. The van der Waals surface area contributed by atoms with E-state index < -0.39 is 0 Å². The van der Waals surface area contributed by atoms with Gasteiger partial charge in [-0.05, 0) is 20.3 Å². The molecule has 1 aliphatic rings. The van der Waals surface area contributed by atoms with Gasteiger partial charge in [0.25, 0.3) is 0 Å². The molecule has 0 aromatic heterocycles. The lowest BCUT2D eigenvalue weighted by molar-refractivity contribution is 0.0271. The van der Waals surface area contributed by atoms with Crippen LogP contribution in [0, 0.1) is 0 Å². The summed E-state index contributed by atoms with van der Waals surface area (Å²) in [5, 5.41) is 5.07. The van der Waals surface area contributed by atoms with E-state index in [2.05, 4.69) is 31.1 Å². The first kappa shape index (κ1) is 11.9. The van der Waals surface area contributed by atoms with Crippen LogP contribution in [0.5, 0.6) is 0 Å². The van der Waals surface area contributed by atoms with Crippen molar-refractivity contribution in [1.82, 2.24) is 5.32 Å². The largest absolute Gasteiger partial charge is 0.377 e. The Morgan fingerprint density at radius 1 is 1.64 bits per heavy atom. The quantitative estimate of drug-likeness (QED) is 0.779. The first-order valence-corrected chi connectivity index (χ1v) is 5.95. The lowest BCUT2D eigenvalue weighted by Gasteiger charge is -2.23. The number of ether oxygens (including phenoxy) is 1. The van der Waals surface area contributed by atoms with Crippen molar-refractivity contribution in [2.45, 2.75) is 38.0 Å². The van der Waals surface area contributed by atoms with Gasteiger partial charge in [0.05, 0.1) is 12.1 Å². The van der Waals surface area contributed by atoms with E-state index in [0.717, 1.165) is 18.3 Å². The third kappa shape index (κ3) is 3.50. The molecule has 1 aliphatic heterocycles. The summed E-state index contributed by atoms with van der Waals surface area (Å²) in [6.45, 7) is 8.10. The summed E-state index contributed by atoms with van der Waals surface area (Å²) >= 11 is 1.85. The number of amidine groups is 1. The smallest absolute Gasteiger partial charge is 0.157 e. The van der Waals surface area contributed by atoms with Gasteiger partial charge in [0.15, 0.2) is 5.17 Å². The van der Waals surface area contributed by atoms with Crippen molar-refractivity contribution in [2.75, 3.05) is 20.2 Å². The molecule has 1 heterocycles. The van der Waals surface area contributed by atoms with Crippen molar-refractivity contribution in [3.8, 4) is 0 Å². The molecule has 0 radical (unpaired) electrons. The fraction of sp³-hybridized carbons (Fsp3) is 0.900. The third-order valence-electron chi connectivity index (χ3n) is 2.39. The Morgan fingerprint density at radius 3 is 2.86 bits per heavy atom. The van der Waals surface area contributed by atoms with Gasteiger partial charge < -0.3 is 10.1 Å². The summed E-state index contributed by atoms with van der Waals surface area (Å²) < 4.78 is 5.32. The third-order valence-corrected chi connectivity index (χ3v) is 3.70. The predicted octanol–water partition coefficient (Wildman–Crippen LogP) is 1.88. The minimum absolute atomic E-state index is 0.118. The van der Waals surface area contributed by atoms with E-state index >= 15 is 0 Å². The fourth-order valence-electron chi connectivity index (χ4n) is 1.09. The van der Waals surface area contributed by atoms with Gasteiger partial charge in [0, 0.05) is 18.9 Å². The molecule has 1 atom stereocenters. The van der Waals surface area contributed by atoms with Crippen LogP contribution in [0.2, 0.25) is 0 Å². The minimum atomic E-state index is -0.118. The Balaban J connectivity index is 2.27. The van der Waals surface area contributed by atoms with E-state index in [1.54, 1.807) is 7.11 Å². The molecule has 0 saturated heterocycles. The van der Waals surface area contributed by atoms with E-state index in [4.69, 9.17) is 4.74 Å². The molecule has 0 aliphatic carbocycles. The van der Waals surface area contributed by atoms with Crippen molar-refractivity contribution >= 4 is 16.9 Å². The second-order valence-electron chi connectivity index (χ2n) is 4.11. The number of methoxy groups -OCH3 is 1. The summed E-state index contributed by atoms with van der Waals surface area (Å²) in [5.74, 6) is 0. The van der Waals surface area contributed by atoms with Crippen LogP contribution in [0.4, 0.5) is 0 Å². The van der Waals surface area contributed by atoms with Crippen LogP contribution in [-0.4, -0.2) is 36.2 Å². The lowest BCUT2D eigenvalue weighted by Crippen LogP contribution is -2.38. The van der Waals surface area contributed by atoms with Gasteiger partial charge in [0.1, 0.15) is 0 Å². The van der Waals surface area contributed by atoms with Crippen LogP contribution in [0.3, 0.4) is 0 Å². The average molecular weight is 216 g/mol. The highest BCUT2D eigenvalue weighted by Gasteiger charge is 2.21. The van der Waals surface area contributed by atoms with Gasteiger partial charge in [0.2, 0.25) is 0 Å². The molecule has 0 bridgehead atoms. The maximum Gasteiger partial charge on any atom is 0.157 e. The highest BCUT2D eigenvalue weighted by molar-refractivity contribution is 8.14. The zero-order valence-corrected chi connectivity index (χ0v) is 10.3. The molecule has 14 heavy (non-hydrogen) atoms. The molecule has 4 heteroatoms. The molecule has 0 aromatic carbocycles. The van der Waals surface area contributed by atoms with Gasteiger partial charge in [-0.25, -0.2) is 0 Å². The molecule has 0 amide bonds. The van der Waals surface area contributed by atoms with Crippen LogP contribution in [0.25, 0.3) is 0 Å². The van der Waals surface area contributed by atoms with Crippen LogP contribution < -0.4 is 5.32 Å². The lowest BCUT2D eigenvalue weighted by atomic mass is 10.1. The first-order valence-electron chi connectivity index (χ1n) is 5.07. The molecule has 1 rings (SSSR count). The van der Waals surface area contributed by atoms with E-state index in [1.807, 2.05) is 11.8 Å². The number of hydrogen-bond acceptors (Lipinski definition) is 4. The van der Waals surface area contributed by atoms with Crippen LogP contribution in [0.15, 0.2) is 4.99 Å². The van der Waals surface area contributed by atoms with Gasteiger partial charge >= 0.3 is 0 Å². The molecule has 0 aromatic rings. The Kier molecular flexibility index (Phi) is 4.26. The average Bonchev–Trinajstić information content (AvgIpc) is 2.63. The summed E-state index contributed by atoms with van der Waals surface area (Å²) in [6, 6.07) is 0. The van der Waals surface area contributed by atoms with E-state index in [0.29, 0.717) is 5.25 Å². The molecular formula is C10H20N2OS. The predicted molar refractivity (Wildman–Crippen MR) is 63.1 cm³/mol. The summed E-state index contributed by atoms with van der Waals surface area (Å²) in [7, 11) is 1.74. The number of aliphatic imine (C=N–C) groups is 1. The van der Waals surface area contributed by atoms with E-state index in [1.165, 1.54) is 6.42 Å². The van der Waals surface area contributed by atoms with Gasteiger partial charge in [-0.15, -0.1) is 0 Å².